The van der Waals surface area contributed by atoms with Crippen molar-refractivity contribution in [1.29, 1.82) is 0 Å². The van der Waals surface area contributed by atoms with Crippen molar-refractivity contribution in [2.24, 2.45) is 7.05 Å². The monoisotopic (exact) mass is 373 g/mol. The Morgan fingerprint density at radius 1 is 1.33 bits per heavy atom. The van der Waals surface area contributed by atoms with Gasteiger partial charge in [-0.1, -0.05) is 23.2 Å². The van der Waals surface area contributed by atoms with E-state index in [0.29, 0.717) is 5.76 Å². The van der Waals surface area contributed by atoms with Crippen LogP contribution < -0.4 is 10.6 Å². The number of hydrogen-bond acceptors (Lipinski definition) is 5. The number of esters is 1. The number of hydrogen-bond donors (Lipinski definition) is 2. The number of nitrogens with zero attached hydrogens (tertiary/aromatic N) is 1. The van der Waals surface area contributed by atoms with Crippen molar-refractivity contribution in [1.82, 2.24) is 15.2 Å². The van der Waals surface area contributed by atoms with Crippen LogP contribution in [-0.2, 0) is 23.1 Å². The van der Waals surface area contributed by atoms with Crippen molar-refractivity contribution < 1.29 is 23.5 Å². The molecule has 8 nitrogen and oxygen atoms in total. The van der Waals surface area contributed by atoms with Gasteiger partial charge in [0.15, 0.2) is 6.61 Å². The highest BCUT2D eigenvalue weighted by atomic mass is 35.5. The minimum absolute atomic E-state index is 0.0834. The molecule has 2 rings (SSSR count). The first-order chi connectivity index (χ1) is 11.4. The highest BCUT2D eigenvalue weighted by molar-refractivity contribution is 6.41. The van der Waals surface area contributed by atoms with E-state index in [9.17, 15) is 14.4 Å². The molecule has 0 aliphatic heterocycles. The second-order valence-electron chi connectivity index (χ2n) is 4.61. The van der Waals surface area contributed by atoms with Crippen molar-refractivity contribution in [2.45, 2.75) is 6.54 Å². The molecule has 2 aromatic rings. The summed E-state index contributed by atoms with van der Waals surface area (Å²) in [5, 5.41) is 4.78. The summed E-state index contributed by atoms with van der Waals surface area (Å²) < 4.78 is 11.1. The van der Waals surface area contributed by atoms with E-state index in [1.165, 1.54) is 23.9 Å². The molecule has 0 saturated carbocycles. The van der Waals surface area contributed by atoms with Gasteiger partial charge < -0.3 is 19.0 Å². The lowest BCUT2D eigenvalue weighted by Gasteiger charge is -2.07. The van der Waals surface area contributed by atoms with Gasteiger partial charge in [0, 0.05) is 7.05 Å². The van der Waals surface area contributed by atoms with Crippen LogP contribution in [0.4, 0.5) is 4.79 Å². The van der Waals surface area contributed by atoms with Gasteiger partial charge in [0.1, 0.15) is 16.6 Å². The third kappa shape index (κ3) is 4.53. The maximum absolute atomic E-state index is 11.8. The summed E-state index contributed by atoms with van der Waals surface area (Å²) in [6.45, 7) is -0.514. The van der Waals surface area contributed by atoms with Gasteiger partial charge in [0.05, 0.1) is 17.8 Å². The van der Waals surface area contributed by atoms with E-state index in [1.807, 2.05) is 5.32 Å². The third-order valence-electron chi connectivity index (χ3n) is 2.92. The number of nitrogens with one attached hydrogen (secondary N) is 2. The van der Waals surface area contributed by atoms with E-state index in [4.69, 9.17) is 32.4 Å². The van der Waals surface area contributed by atoms with Crippen molar-refractivity contribution in [3.8, 4) is 0 Å². The molecule has 2 aromatic heterocycles. The molecule has 10 heteroatoms. The zero-order chi connectivity index (χ0) is 17.7. The van der Waals surface area contributed by atoms with Crippen LogP contribution >= 0.6 is 23.2 Å². The summed E-state index contributed by atoms with van der Waals surface area (Å²) in [6, 6.07) is 3.92. The number of furan rings is 1. The summed E-state index contributed by atoms with van der Waals surface area (Å²) in [6.07, 6.45) is 1.46. The number of urea groups is 1. The lowest BCUT2D eigenvalue weighted by Crippen LogP contribution is -2.41. The molecule has 2 N–H and O–H groups in total. The molecule has 0 bridgehead atoms. The van der Waals surface area contributed by atoms with E-state index in [1.54, 1.807) is 12.1 Å². The molecule has 0 aromatic carbocycles. The number of aromatic nitrogens is 1. The molecular formula is C14H13Cl2N3O5. The Balaban J connectivity index is 1.77. The Bertz CT molecular complexity index is 755. The molecule has 0 radical (unpaired) electrons. The normalized spacial score (nSPS) is 10.3. The van der Waals surface area contributed by atoms with E-state index >= 15 is 0 Å². The van der Waals surface area contributed by atoms with Crippen molar-refractivity contribution in [2.75, 3.05) is 6.61 Å². The average Bonchev–Trinajstić information content (AvgIpc) is 3.15. The van der Waals surface area contributed by atoms with Gasteiger partial charge in [-0.15, -0.1) is 0 Å². The summed E-state index contributed by atoms with van der Waals surface area (Å²) in [5.41, 5.74) is 0.0834. The number of ether oxygens (including phenoxy) is 1. The molecule has 0 atom stereocenters. The lowest BCUT2D eigenvalue weighted by atomic mass is 10.4. The maximum atomic E-state index is 11.8. The van der Waals surface area contributed by atoms with E-state index in [0.717, 1.165) is 0 Å². The van der Waals surface area contributed by atoms with Crippen LogP contribution in [0.1, 0.15) is 16.2 Å². The standard InChI is InChI=1S/C14H13Cl2N3O5/c1-19-10(5-9(15)12(19)16)13(21)24-7-11(20)18-14(22)17-6-8-3-2-4-23-8/h2-5H,6-7H2,1H3,(H2,17,18,20,22). The van der Waals surface area contributed by atoms with Gasteiger partial charge in [-0.05, 0) is 18.2 Å². The highest BCUT2D eigenvalue weighted by Crippen LogP contribution is 2.25. The number of halogens is 2. The molecule has 0 fully saturated rings. The number of carbonyl (C=O) groups excluding carboxylic acids is 3. The van der Waals surface area contributed by atoms with Crippen molar-refractivity contribution in [3.63, 3.8) is 0 Å². The highest BCUT2D eigenvalue weighted by Gasteiger charge is 2.18. The summed E-state index contributed by atoms with van der Waals surface area (Å²) in [4.78, 5) is 34.9. The third-order valence-corrected chi connectivity index (χ3v) is 3.76. The lowest BCUT2D eigenvalue weighted by molar-refractivity contribution is -0.123. The van der Waals surface area contributed by atoms with Gasteiger partial charge in [0.2, 0.25) is 0 Å². The first kappa shape index (κ1) is 17.9. The van der Waals surface area contributed by atoms with E-state index < -0.39 is 24.5 Å². The number of imide groups is 1. The molecule has 3 amide bonds. The van der Waals surface area contributed by atoms with Crippen LogP contribution in [0.25, 0.3) is 0 Å². The van der Waals surface area contributed by atoms with Crippen LogP contribution in [0, 0.1) is 0 Å². The molecule has 0 aliphatic rings. The first-order valence-corrected chi connectivity index (χ1v) is 7.42. The molecule has 0 unspecified atom stereocenters. The largest absolute Gasteiger partial charge is 0.467 e. The quantitative estimate of drug-likeness (QED) is 0.781. The van der Waals surface area contributed by atoms with Gasteiger partial charge in [0.25, 0.3) is 5.91 Å². The second-order valence-corrected chi connectivity index (χ2v) is 5.38. The van der Waals surface area contributed by atoms with E-state index in [-0.39, 0.29) is 22.4 Å². The van der Waals surface area contributed by atoms with Crippen LogP contribution in [0.15, 0.2) is 28.9 Å². The van der Waals surface area contributed by atoms with Crippen LogP contribution in [0.2, 0.25) is 10.2 Å². The second kappa shape index (κ2) is 7.89. The average molecular weight is 374 g/mol. The number of amides is 3. The molecule has 0 aliphatic carbocycles. The molecule has 24 heavy (non-hydrogen) atoms. The van der Waals surface area contributed by atoms with Gasteiger partial charge >= 0.3 is 12.0 Å². The SMILES string of the molecule is Cn1c(C(=O)OCC(=O)NC(=O)NCc2ccco2)cc(Cl)c1Cl. The Hall–Kier alpha value is -2.45. The predicted octanol–water partition coefficient (Wildman–Crippen LogP) is 2.11. The molecule has 0 saturated heterocycles. The minimum atomic E-state index is -0.794. The van der Waals surface area contributed by atoms with Crippen LogP contribution in [0.3, 0.4) is 0 Å². The Morgan fingerprint density at radius 2 is 2.08 bits per heavy atom. The first-order valence-electron chi connectivity index (χ1n) is 6.66. The zero-order valence-corrected chi connectivity index (χ0v) is 14.0. The van der Waals surface area contributed by atoms with Gasteiger partial charge in [-0.2, -0.15) is 0 Å². The number of rotatable bonds is 5. The molecular weight excluding hydrogens is 361 g/mol. The fourth-order valence-electron chi connectivity index (χ4n) is 1.73. The summed E-state index contributed by atoms with van der Waals surface area (Å²) in [5.74, 6) is -1.05. The molecule has 128 valence electrons. The van der Waals surface area contributed by atoms with Crippen molar-refractivity contribution >= 4 is 41.1 Å². The fraction of sp³-hybridized carbons (Fsp3) is 0.214. The zero-order valence-electron chi connectivity index (χ0n) is 12.5. The van der Waals surface area contributed by atoms with Gasteiger partial charge in [-0.25, -0.2) is 9.59 Å². The Labute approximate surface area is 146 Å². The Morgan fingerprint density at radius 3 is 2.67 bits per heavy atom. The summed E-state index contributed by atoms with van der Waals surface area (Å²) in [7, 11) is 1.52. The smallest absolute Gasteiger partial charge is 0.355 e. The number of carbonyl (C=O) groups is 3. The Kier molecular flexibility index (Phi) is 5.88. The van der Waals surface area contributed by atoms with Crippen LogP contribution in [0.5, 0.6) is 0 Å². The fourth-order valence-corrected chi connectivity index (χ4v) is 2.11. The molecule has 2 heterocycles. The minimum Gasteiger partial charge on any atom is -0.467 e. The van der Waals surface area contributed by atoms with Crippen LogP contribution in [-0.4, -0.2) is 29.1 Å². The van der Waals surface area contributed by atoms with Gasteiger partial charge in [-0.3, -0.25) is 10.1 Å². The maximum Gasteiger partial charge on any atom is 0.355 e. The summed E-state index contributed by atoms with van der Waals surface area (Å²) >= 11 is 11.6. The predicted molar refractivity (Wildman–Crippen MR) is 84.8 cm³/mol. The topological polar surface area (TPSA) is 103 Å². The van der Waals surface area contributed by atoms with Crippen molar-refractivity contribution in [3.05, 3.63) is 46.1 Å². The molecule has 0 spiro atoms. The van der Waals surface area contributed by atoms with E-state index in [2.05, 4.69) is 5.32 Å².